The Morgan fingerprint density at radius 3 is 2.88 bits per heavy atom. The molecule has 6 nitrogen and oxygen atoms in total. The van der Waals surface area contributed by atoms with E-state index < -0.39 is 12.0 Å². The molecule has 0 aromatic rings. The Kier molecular flexibility index (Phi) is 5.93. The third-order valence-corrected chi connectivity index (χ3v) is 2.73. The number of rotatable bonds is 8. The summed E-state index contributed by atoms with van der Waals surface area (Å²) in [5.41, 5.74) is 0. The summed E-state index contributed by atoms with van der Waals surface area (Å²) in [5, 5.41) is 8.93. The number of hydrogen-bond donors (Lipinski definition) is 1. The molecule has 0 radical (unpaired) electrons. The van der Waals surface area contributed by atoms with Gasteiger partial charge in [-0.3, -0.25) is 4.79 Å². The first kappa shape index (κ1) is 13.9. The smallest absolute Gasteiger partial charge is 0.326 e. The van der Waals surface area contributed by atoms with Crippen LogP contribution in [0.1, 0.15) is 19.3 Å². The molecule has 1 atom stereocenters. The molecular weight excluding hydrogens is 226 g/mol. The Bertz CT molecular complexity index is 269. The highest BCUT2D eigenvalue weighted by molar-refractivity contribution is 5.87. The van der Waals surface area contributed by atoms with Gasteiger partial charge in [0.25, 0.3) is 0 Å². The van der Waals surface area contributed by atoms with E-state index in [2.05, 4.69) is 0 Å². The molecule has 17 heavy (non-hydrogen) atoms. The van der Waals surface area contributed by atoms with Crippen LogP contribution < -0.4 is 0 Å². The monoisotopic (exact) mass is 245 g/mol. The number of carbonyl (C=O) groups is 2. The maximum atomic E-state index is 11.5. The molecule has 1 aliphatic heterocycles. The zero-order valence-corrected chi connectivity index (χ0v) is 10.1. The molecular formula is C11H19NO5. The Hall–Kier alpha value is -1.14. The molecule has 1 unspecified atom stereocenters. The predicted octanol–water partition coefficient (Wildman–Crippen LogP) is 0.115. The van der Waals surface area contributed by atoms with Crippen molar-refractivity contribution in [1.29, 1.82) is 0 Å². The fourth-order valence-electron chi connectivity index (χ4n) is 1.85. The number of nitrogens with zero attached hydrogens (tertiary/aromatic N) is 1. The van der Waals surface area contributed by atoms with Crippen molar-refractivity contribution in [3.63, 3.8) is 0 Å². The third-order valence-electron chi connectivity index (χ3n) is 2.73. The number of ether oxygens (including phenoxy) is 2. The first-order valence-electron chi connectivity index (χ1n) is 5.75. The van der Waals surface area contributed by atoms with Gasteiger partial charge >= 0.3 is 5.97 Å². The second-order valence-electron chi connectivity index (χ2n) is 3.94. The zero-order valence-electron chi connectivity index (χ0n) is 10.1. The molecule has 1 amide bonds. The SMILES string of the molecule is COCCOCCCN1C(=O)CCC1C(=O)O. The lowest BCUT2D eigenvalue weighted by Gasteiger charge is -2.21. The Balaban J connectivity index is 2.20. The topological polar surface area (TPSA) is 76.1 Å². The number of hydrogen-bond acceptors (Lipinski definition) is 4. The van der Waals surface area contributed by atoms with Crippen LogP contribution in [0.5, 0.6) is 0 Å². The highest BCUT2D eigenvalue weighted by Crippen LogP contribution is 2.18. The van der Waals surface area contributed by atoms with Crippen LogP contribution in [0.25, 0.3) is 0 Å². The highest BCUT2D eigenvalue weighted by Gasteiger charge is 2.35. The summed E-state index contributed by atoms with van der Waals surface area (Å²) in [6.07, 6.45) is 1.40. The van der Waals surface area contributed by atoms with Gasteiger partial charge in [0.2, 0.25) is 5.91 Å². The van der Waals surface area contributed by atoms with Crippen molar-refractivity contribution in [2.45, 2.75) is 25.3 Å². The highest BCUT2D eigenvalue weighted by atomic mass is 16.5. The number of likely N-dealkylation sites (tertiary alicyclic amines) is 1. The normalized spacial score (nSPS) is 19.9. The summed E-state index contributed by atoms with van der Waals surface area (Å²) in [4.78, 5) is 23.8. The quantitative estimate of drug-likeness (QED) is 0.614. The largest absolute Gasteiger partial charge is 0.480 e. The maximum absolute atomic E-state index is 11.5. The summed E-state index contributed by atoms with van der Waals surface area (Å²) < 4.78 is 10.1. The maximum Gasteiger partial charge on any atom is 0.326 e. The number of methoxy groups -OCH3 is 1. The lowest BCUT2D eigenvalue weighted by molar-refractivity contribution is -0.146. The van der Waals surface area contributed by atoms with Crippen LogP contribution in [-0.2, 0) is 19.1 Å². The van der Waals surface area contributed by atoms with Gasteiger partial charge in [-0.1, -0.05) is 0 Å². The predicted molar refractivity (Wildman–Crippen MR) is 59.7 cm³/mol. The Morgan fingerprint density at radius 1 is 1.47 bits per heavy atom. The number of carboxylic acid groups (broad SMARTS) is 1. The van der Waals surface area contributed by atoms with E-state index in [1.54, 1.807) is 7.11 Å². The molecule has 1 fully saturated rings. The minimum Gasteiger partial charge on any atom is -0.480 e. The van der Waals surface area contributed by atoms with Gasteiger partial charge in [0, 0.05) is 26.7 Å². The molecule has 1 aliphatic rings. The van der Waals surface area contributed by atoms with Crippen LogP contribution >= 0.6 is 0 Å². The minimum atomic E-state index is -0.920. The van der Waals surface area contributed by atoms with E-state index in [0.29, 0.717) is 45.6 Å². The van der Waals surface area contributed by atoms with Gasteiger partial charge in [-0.25, -0.2) is 4.79 Å². The second kappa shape index (κ2) is 7.24. The molecule has 0 saturated carbocycles. The third kappa shape index (κ3) is 4.32. The lowest BCUT2D eigenvalue weighted by atomic mass is 10.2. The van der Waals surface area contributed by atoms with Crippen LogP contribution in [0, 0.1) is 0 Å². The first-order valence-corrected chi connectivity index (χ1v) is 5.75. The van der Waals surface area contributed by atoms with Gasteiger partial charge in [0.1, 0.15) is 6.04 Å². The van der Waals surface area contributed by atoms with Crippen LogP contribution in [0.2, 0.25) is 0 Å². The van der Waals surface area contributed by atoms with Crippen LogP contribution in [-0.4, -0.2) is 61.4 Å². The fourth-order valence-corrected chi connectivity index (χ4v) is 1.85. The number of carboxylic acids is 1. The molecule has 0 bridgehead atoms. The molecule has 1 saturated heterocycles. The standard InChI is InChI=1S/C11H19NO5/c1-16-7-8-17-6-2-5-12-9(11(14)15)3-4-10(12)13/h9H,2-8H2,1H3,(H,14,15). The average molecular weight is 245 g/mol. The van der Waals surface area contributed by atoms with E-state index in [0.717, 1.165) is 0 Å². The van der Waals surface area contributed by atoms with E-state index in [1.165, 1.54) is 4.90 Å². The number of carbonyl (C=O) groups excluding carboxylic acids is 1. The summed E-state index contributed by atoms with van der Waals surface area (Å²) in [5.74, 6) is -0.995. The second-order valence-corrected chi connectivity index (χ2v) is 3.94. The van der Waals surface area contributed by atoms with Gasteiger partial charge in [0.05, 0.1) is 13.2 Å². The van der Waals surface area contributed by atoms with Crippen molar-refractivity contribution in [1.82, 2.24) is 4.90 Å². The Morgan fingerprint density at radius 2 is 2.24 bits per heavy atom. The zero-order chi connectivity index (χ0) is 12.7. The molecule has 1 rings (SSSR count). The van der Waals surface area contributed by atoms with Crippen molar-refractivity contribution in [3.05, 3.63) is 0 Å². The number of amides is 1. The summed E-state index contributed by atoms with van der Waals surface area (Å²) in [7, 11) is 1.60. The van der Waals surface area contributed by atoms with Crippen molar-refractivity contribution in [2.75, 3.05) is 33.5 Å². The summed E-state index contributed by atoms with van der Waals surface area (Å²) >= 11 is 0. The summed E-state index contributed by atoms with van der Waals surface area (Å²) in [6, 6.07) is -0.651. The Labute approximate surface area is 100 Å². The van der Waals surface area contributed by atoms with E-state index in [4.69, 9.17) is 14.6 Å². The van der Waals surface area contributed by atoms with E-state index in [1.807, 2.05) is 0 Å². The molecule has 1 heterocycles. The fraction of sp³-hybridized carbons (Fsp3) is 0.818. The van der Waals surface area contributed by atoms with E-state index in [-0.39, 0.29) is 5.91 Å². The van der Waals surface area contributed by atoms with Gasteiger partial charge in [0.15, 0.2) is 0 Å². The minimum absolute atomic E-state index is 0.0747. The molecule has 0 aromatic heterocycles. The van der Waals surface area contributed by atoms with Crippen LogP contribution in [0.4, 0.5) is 0 Å². The van der Waals surface area contributed by atoms with Gasteiger partial charge in [-0.15, -0.1) is 0 Å². The van der Waals surface area contributed by atoms with Gasteiger partial charge in [-0.2, -0.15) is 0 Å². The van der Waals surface area contributed by atoms with E-state index in [9.17, 15) is 9.59 Å². The summed E-state index contributed by atoms with van der Waals surface area (Å²) in [6.45, 7) is 2.02. The van der Waals surface area contributed by atoms with E-state index >= 15 is 0 Å². The van der Waals surface area contributed by atoms with Crippen molar-refractivity contribution < 1.29 is 24.2 Å². The van der Waals surface area contributed by atoms with Crippen LogP contribution in [0.15, 0.2) is 0 Å². The molecule has 0 aromatic carbocycles. The molecule has 0 spiro atoms. The van der Waals surface area contributed by atoms with Gasteiger partial charge in [-0.05, 0) is 12.8 Å². The van der Waals surface area contributed by atoms with Crippen molar-refractivity contribution in [3.8, 4) is 0 Å². The molecule has 98 valence electrons. The van der Waals surface area contributed by atoms with Crippen molar-refractivity contribution in [2.24, 2.45) is 0 Å². The average Bonchev–Trinajstić information content (AvgIpc) is 2.65. The molecule has 0 aliphatic carbocycles. The number of aliphatic carboxylic acids is 1. The first-order chi connectivity index (χ1) is 8.16. The van der Waals surface area contributed by atoms with Gasteiger partial charge < -0.3 is 19.5 Å². The lowest BCUT2D eigenvalue weighted by Crippen LogP contribution is -2.39. The van der Waals surface area contributed by atoms with Crippen molar-refractivity contribution >= 4 is 11.9 Å². The van der Waals surface area contributed by atoms with Crippen LogP contribution in [0.3, 0.4) is 0 Å². The molecule has 1 N–H and O–H groups in total. The molecule has 6 heteroatoms.